The van der Waals surface area contributed by atoms with Gasteiger partial charge in [0.15, 0.2) is 0 Å². The number of halogens is 1. The highest BCUT2D eigenvalue weighted by molar-refractivity contribution is 5.92. The van der Waals surface area contributed by atoms with Gasteiger partial charge in [0, 0.05) is 36.8 Å². The van der Waals surface area contributed by atoms with Gasteiger partial charge in [-0.25, -0.2) is 9.38 Å². The minimum Gasteiger partial charge on any atom is -0.491 e. The Balaban J connectivity index is 1.69. The van der Waals surface area contributed by atoms with Gasteiger partial charge in [-0.15, -0.1) is 0 Å². The molecule has 0 heterocycles. The van der Waals surface area contributed by atoms with Crippen molar-refractivity contribution in [1.29, 1.82) is 0 Å². The fourth-order valence-electron chi connectivity index (χ4n) is 3.95. The molecule has 2 aromatic rings. The van der Waals surface area contributed by atoms with E-state index in [0.29, 0.717) is 47.4 Å². The van der Waals surface area contributed by atoms with Crippen LogP contribution in [0.5, 0.6) is 5.75 Å². The number of nitrogens with one attached hydrogen (secondary N) is 3. The van der Waals surface area contributed by atoms with E-state index in [1.54, 1.807) is 50.6 Å². The zero-order valence-electron chi connectivity index (χ0n) is 20.9. The number of rotatable bonds is 11. The number of amides is 1. The molecule has 0 aromatic heterocycles. The Morgan fingerprint density at radius 1 is 1.20 bits per heavy atom. The second-order valence-corrected chi connectivity index (χ2v) is 9.23. The molecular formula is C27H35FN4O3. The van der Waals surface area contributed by atoms with E-state index in [-0.39, 0.29) is 23.1 Å². The highest BCUT2D eigenvalue weighted by atomic mass is 19.1. The van der Waals surface area contributed by atoms with E-state index < -0.39 is 5.82 Å². The molecule has 0 spiro atoms. The van der Waals surface area contributed by atoms with E-state index in [2.05, 4.69) is 41.4 Å². The maximum Gasteiger partial charge on any atom is 0.238 e. The number of nitrogens with zero attached hydrogens (tertiary/aromatic N) is 1. The number of hydrogen-bond donors (Lipinski definition) is 3. The van der Waals surface area contributed by atoms with Crippen LogP contribution in [0.1, 0.15) is 33.6 Å². The van der Waals surface area contributed by atoms with Crippen molar-refractivity contribution < 1.29 is 18.7 Å². The van der Waals surface area contributed by atoms with E-state index in [4.69, 9.17) is 9.47 Å². The maximum atomic E-state index is 15.0. The van der Waals surface area contributed by atoms with Gasteiger partial charge in [-0.05, 0) is 60.7 Å². The highest BCUT2D eigenvalue weighted by Crippen LogP contribution is 2.39. The first-order chi connectivity index (χ1) is 16.7. The lowest BCUT2D eigenvalue weighted by molar-refractivity contribution is -0.115. The summed E-state index contributed by atoms with van der Waals surface area (Å²) in [4.78, 5) is 16.6. The second-order valence-electron chi connectivity index (χ2n) is 9.23. The minimum absolute atomic E-state index is 0.0900. The lowest BCUT2D eigenvalue weighted by Crippen LogP contribution is -2.51. The summed E-state index contributed by atoms with van der Waals surface area (Å²) in [6.45, 7) is 11.1. The molecule has 7 nitrogen and oxygen atoms in total. The molecule has 1 aliphatic rings. The Kier molecular flexibility index (Phi) is 9.01. The lowest BCUT2D eigenvalue weighted by Gasteiger charge is -2.45. The number of ether oxygens (including phenoxy) is 2. The summed E-state index contributed by atoms with van der Waals surface area (Å²) in [6, 6.07) is 10.5. The van der Waals surface area contributed by atoms with Crippen LogP contribution in [0, 0.1) is 11.2 Å². The monoisotopic (exact) mass is 482 g/mol. The summed E-state index contributed by atoms with van der Waals surface area (Å²) in [5.74, 6) is 0.114. The quantitative estimate of drug-likeness (QED) is 0.338. The molecule has 1 aliphatic carbocycles. The van der Waals surface area contributed by atoms with Crippen molar-refractivity contribution in [1.82, 2.24) is 5.32 Å². The molecular weight excluding hydrogens is 447 g/mol. The summed E-state index contributed by atoms with van der Waals surface area (Å²) in [5, 5.41) is 10.1. The van der Waals surface area contributed by atoms with Gasteiger partial charge in [-0.2, -0.15) is 0 Å². The standard InChI is InChI=1S/C27H35FN4O3/c1-6-29-26(25-18(2)15-21(16-22(25)28)35-14-13-34-5)32-20-9-7-19(8-10-20)31-24(33)17-30-23-11-12-27(23,3)4/h6-10,15-16,23,30,32H,2,11-14,17H2,1,3-5H3,(H,31,33)/b26-25-,29-6?. The smallest absolute Gasteiger partial charge is 0.238 e. The van der Waals surface area contributed by atoms with Gasteiger partial charge in [0.1, 0.15) is 24.0 Å². The predicted molar refractivity (Wildman–Crippen MR) is 140 cm³/mol. The molecule has 1 saturated carbocycles. The van der Waals surface area contributed by atoms with Crippen LogP contribution in [0.15, 0.2) is 41.4 Å². The summed E-state index contributed by atoms with van der Waals surface area (Å²) in [5.41, 5.74) is 1.61. The molecule has 0 radical (unpaired) electrons. The van der Waals surface area contributed by atoms with Crippen LogP contribution in [0.25, 0.3) is 12.4 Å². The Bertz CT molecular complexity index is 1160. The topological polar surface area (TPSA) is 84.0 Å². The fraction of sp³-hybridized carbons (Fsp3) is 0.407. The molecule has 1 unspecified atom stereocenters. The molecule has 2 aromatic carbocycles. The number of hydrogen-bond acceptors (Lipinski definition) is 6. The van der Waals surface area contributed by atoms with E-state index >= 15 is 0 Å². The van der Waals surface area contributed by atoms with Gasteiger partial charge in [0.25, 0.3) is 0 Å². The number of carbonyl (C=O) groups excluding carboxylic acids is 1. The third-order valence-corrected chi connectivity index (χ3v) is 6.16. The molecule has 0 aliphatic heterocycles. The largest absolute Gasteiger partial charge is 0.491 e. The Morgan fingerprint density at radius 2 is 1.89 bits per heavy atom. The number of carbonyl (C=O) groups is 1. The van der Waals surface area contributed by atoms with E-state index in [1.165, 1.54) is 12.5 Å². The molecule has 35 heavy (non-hydrogen) atoms. The number of anilines is 2. The summed E-state index contributed by atoms with van der Waals surface area (Å²) < 4.78 is 25.4. The van der Waals surface area contributed by atoms with Crippen LogP contribution in [0.2, 0.25) is 0 Å². The molecule has 3 N–H and O–H groups in total. The molecule has 1 atom stereocenters. The molecule has 0 saturated heterocycles. The van der Waals surface area contributed by atoms with Gasteiger partial charge in [0.2, 0.25) is 5.91 Å². The molecule has 1 amide bonds. The number of methoxy groups -OCH3 is 1. The van der Waals surface area contributed by atoms with Crippen molar-refractivity contribution in [2.45, 2.75) is 39.7 Å². The number of benzene rings is 2. The van der Waals surface area contributed by atoms with E-state index in [9.17, 15) is 9.18 Å². The minimum atomic E-state index is -0.496. The summed E-state index contributed by atoms with van der Waals surface area (Å²) >= 11 is 0. The third-order valence-electron chi connectivity index (χ3n) is 6.16. The Hall–Kier alpha value is -3.23. The van der Waals surface area contributed by atoms with Crippen LogP contribution >= 0.6 is 0 Å². The Morgan fingerprint density at radius 3 is 2.43 bits per heavy atom. The molecule has 3 rings (SSSR count). The van der Waals surface area contributed by atoms with Crippen LogP contribution in [-0.4, -0.2) is 45.0 Å². The maximum absolute atomic E-state index is 15.0. The van der Waals surface area contributed by atoms with Crippen LogP contribution in [-0.2, 0) is 9.53 Å². The summed E-state index contributed by atoms with van der Waals surface area (Å²) in [6.07, 6.45) is 3.85. The van der Waals surface area contributed by atoms with Gasteiger partial charge in [0.05, 0.1) is 18.4 Å². The Labute approximate surface area is 206 Å². The van der Waals surface area contributed by atoms with Crippen LogP contribution in [0.4, 0.5) is 15.8 Å². The SMILES string of the molecule is C=c1cc(OCCOC)cc(F)/c1=C(/N=CC)Nc1ccc(NC(=O)CNC2CCC2(C)C)cc1. The van der Waals surface area contributed by atoms with Gasteiger partial charge >= 0.3 is 0 Å². The predicted octanol–water partition coefficient (Wildman–Crippen LogP) is 3.25. The highest BCUT2D eigenvalue weighted by Gasteiger charge is 2.38. The molecule has 1 fully saturated rings. The molecule has 8 heteroatoms. The first-order valence-electron chi connectivity index (χ1n) is 11.8. The van der Waals surface area contributed by atoms with Gasteiger partial charge in [-0.3, -0.25) is 4.79 Å². The molecule has 0 bridgehead atoms. The van der Waals surface area contributed by atoms with Gasteiger partial charge in [-0.1, -0.05) is 20.4 Å². The fourth-order valence-corrected chi connectivity index (χ4v) is 3.95. The van der Waals surface area contributed by atoms with Crippen molar-refractivity contribution in [3.8, 4) is 5.75 Å². The van der Waals surface area contributed by atoms with Crippen molar-refractivity contribution in [3.05, 3.63) is 52.7 Å². The zero-order valence-corrected chi connectivity index (χ0v) is 20.9. The normalized spacial score (nSPS) is 17.6. The first-order valence-corrected chi connectivity index (χ1v) is 11.8. The lowest BCUT2D eigenvalue weighted by atomic mass is 9.67. The molecule has 188 valence electrons. The van der Waals surface area contributed by atoms with Crippen molar-refractivity contribution in [2.75, 3.05) is 37.5 Å². The van der Waals surface area contributed by atoms with Crippen molar-refractivity contribution in [2.24, 2.45) is 10.4 Å². The first kappa shape index (κ1) is 26.4. The van der Waals surface area contributed by atoms with Crippen molar-refractivity contribution in [3.63, 3.8) is 0 Å². The average Bonchev–Trinajstić information content (AvgIpc) is 2.79. The van der Waals surface area contributed by atoms with Crippen LogP contribution < -0.4 is 31.1 Å². The third kappa shape index (κ3) is 7.13. The van der Waals surface area contributed by atoms with Crippen molar-refractivity contribution >= 4 is 35.9 Å². The van der Waals surface area contributed by atoms with E-state index in [1.807, 2.05) is 0 Å². The van der Waals surface area contributed by atoms with Gasteiger partial charge < -0.3 is 25.4 Å². The zero-order chi connectivity index (χ0) is 25.4. The average molecular weight is 483 g/mol. The van der Waals surface area contributed by atoms with E-state index in [0.717, 1.165) is 6.42 Å². The second kappa shape index (κ2) is 12.0. The van der Waals surface area contributed by atoms with Crippen LogP contribution in [0.3, 0.4) is 0 Å². The summed E-state index contributed by atoms with van der Waals surface area (Å²) in [7, 11) is 1.57. The number of aliphatic imine (C=N–C) groups is 1.